The van der Waals surface area contributed by atoms with E-state index in [0.717, 1.165) is 36.2 Å². The third kappa shape index (κ3) is 4.51. The molecule has 2 rings (SSSR count). The molecule has 2 nitrogen and oxygen atoms in total. The quantitative estimate of drug-likeness (QED) is 0.852. The largest absolute Gasteiger partial charge is 0.310 e. The predicted molar refractivity (Wildman–Crippen MR) is 85.1 cm³/mol. The molecule has 2 aromatic rings. The number of rotatable bonds is 6. The van der Waals surface area contributed by atoms with Crippen LogP contribution in [-0.4, -0.2) is 11.5 Å². The van der Waals surface area contributed by atoms with Gasteiger partial charge in [-0.05, 0) is 49.2 Å². The van der Waals surface area contributed by atoms with Crippen molar-refractivity contribution in [1.82, 2.24) is 10.3 Å². The maximum Gasteiger partial charge on any atom is 0.124 e. The van der Waals surface area contributed by atoms with Crippen LogP contribution in [0.5, 0.6) is 0 Å². The molecule has 0 aliphatic rings. The maximum absolute atomic E-state index is 13.2. The molecular weight excluding hydrogens is 287 g/mol. The molecule has 1 aromatic heterocycles. The molecule has 0 spiro atoms. The number of hydrogen-bond acceptors (Lipinski definition) is 2. The van der Waals surface area contributed by atoms with Gasteiger partial charge >= 0.3 is 0 Å². The molecule has 4 heteroatoms. The Hall–Kier alpha value is -1.45. The predicted octanol–water partition coefficient (Wildman–Crippen LogP) is 4.47. The minimum Gasteiger partial charge on any atom is -0.310 e. The number of aryl methyl sites for hydroxylation is 1. The van der Waals surface area contributed by atoms with Crippen molar-refractivity contribution in [1.29, 1.82) is 0 Å². The van der Waals surface area contributed by atoms with Gasteiger partial charge in [0.2, 0.25) is 0 Å². The number of aromatic nitrogens is 1. The third-order valence-corrected chi connectivity index (χ3v) is 3.69. The van der Waals surface area contributed by atoms with E-state index in [1.165, 1.54) is 12.1 Å². The molecule has 0 fully saturated rings. The van der Waals surface area contributed by atoms with Gasteiger partial charge in [0.1, 0.15) is 5.82 Å². The summed E-state index contributed by atoms with van der Waals surface area (Å²) in [4.78, 5) is 4.44. The third-order valence-electron chi connectivity index (χ3n) is 3.36. The van der Waals surface area contributed by atoms with Gasteiger partial charge in [-0.25, -0.2) is 4.39 Å². The molecule has 1 N–H and O–H groups in total. The number of benzene rings is 1. The number of nitrogens with zero attached hydrogens (tertiary/aromatic N) is 1. The van der Waals surface area contributed by atoms with Gasteiger partial charge in [0, 0.05) is 29.4 Å². The minimum absolute atomic E-state index is 0.0354. The summed E-state index contributed by atoms with van der Waals surface area (Å²) < 4.78 is 13.2. The Morgan fingerprint density at radius 1 is 1.29 bits per heavy atom. The van der Waals surface area contributed by atoms with E-state index < -0.39 is 0 Å². The molecule has 112 valence electrons. The van der Waals surface area contributed by atoms with Crippen molar-refractivity contribution in [3.8, 4) is 0 Å². The Labute approximate surface area is 130 Å². The summed E-state index contributed by atoms with van der Waals surface area (Å²) in [5, 5.41) is 3.92. The van der Waals surface area contributed by atoms with E-state index in [9.17, 15) is 4.39 Å². The van der Waals surface area contributed by atoms with Gasteiger partial charge in [0.25, 0.3) is 0 Å². The monoisotopic (exact) mass is 306 g/mol. The summed E-state index contributed by atoms with van der Waals surface area (Å²) >= 11 is 6.19. The fraction of sp³-hybridized carbons (Fsp3) is 0.353. The molecular formula is C17H20ClFN2. The average Bonchev–Trinajstić information content (AvgIpc) is 2.46. The van der Waals surface area contributed by atoms with Gasteiger partial charge in [0.05, 0.1) is 0 Å². The van der Waals surface area contributed by atoms with Crippen LogP contribution >= 0.6 is 11.6 Å². The average molecular weight is 307 g/mol. The zero-order valence-corrected chi connectivity index (χ0v) is 13.1. The van der Waals surface area contributed by atoms with Crippen LogP contribution in [0.25, 0.3) is 0 Å². The van der Waals surface area contributed by atoms with Crippen molar-refractivity contribution < 1.29 is 4.39 Å². The zero-order valence-electron chi connectivity index (χ0n) is 12.4. The van der Waals surface area contributed by atoms with Crippen molar-refractivity contribution >= 4 is 11.6 Å². The van der Waals surface area contributed by atoms with E-state index >= 15 is 0 Å². The van der Waals surface area contributed by atoms with Crippen molar-refractivity contribution in [2.24, 2.45) is 0 Å². The summed E-state index contributed by atoms with van der Waals surface area (Å²) in [7, 11) is 0. The Kier molecular flexibility index (Phi) is 5.71. The molecule has 0 bridgehead atoms. The van der Waals surface area contributed by atoms with Crippen LogP contribution < -0.4 is 5.32 Å². The van der Waals surface area contributed by atoms with E-state index in [1.807, 2.05) is 25.3 Å². The van der Waals surface area contributed by atoms with Gasteiger partial charge in [0.15, 0.2) is 0 Å². The molecule has 1 unspecified atom stereocenters. The van der Waals surface area contributed by atoms with Crippen molar-refractivity contribution in [3.05, 3.63) is 64.2 Å². The van der Waals surface area contributed by atoms with Crippen LogP contribution in [0, 0.1) is 12.7 Å². The molecule has 1 atom stereocenters. The molecule has 0 saturated heterocycles. The second-order valence-corrected chi connectivity index (χ2v) is 5.61. The van der Waals surface area contributed by atoms with Crippen LogP contribution in [0.15, 0.2) is 36.5 Å². The van der Waals surface area contributed by atoms with E-state index in [4.69, 9.17) is 11.6 Å². The second kappa shape index (κ2) is 7.53. The minimum atomic E-state index is -0.313. The summed E-state index contributed by atoms with van der Waals surface area (Å²) in [6.45, 7) is 5.01. The summed E-state index contributed by atoms with van der Waals surface area (Å²) in [6.07, 6.45) is 3.61. The lowest BCUT2D eigenvalue weighted by Crippen LogP contribution is -2.24. The number of hydrogen-bond donors (Lipinski definition) is 1. The van der Waals surface area contributed by atoms with Crippen LogP contribution in [0.2, 0.25) is 5.02 Å². The topological polar surface area (TPSA) is 24.9 Å². The summed E-state index contributed by atoms with van der Waals surface area (Å²) in [5.41, 5.74) is 3.04. The SMILES string of the molecule is CCCNC(Cc1ccc(C)cn1)c1ccc(F)cc1Cl. The van der Waals surface area contributed by atoms with E-state index in [2.05, 4.69) is 17.2 Å². The Balaban J connectivity index is 2.22. The standard InChI is InChI=1S/C17H20ClFN2/c1-3-8-20-17(10-14-6-4-12(2)11-21-14)15-7-5-13(19)9-16(15)18/h4-7,9,11,17,20H,3,8,10H2,1-2H3. The molecule has 1 aromatic carbocycles. The molecule has 1 heterocycles. The Bertz CT molecular complexity index is 584. The Morgan fingerprint density at radius 2 is 2.10 bits per heavy atom. The van der Waals surface area contributed by atoms with E-state index in [0.29, 0.717) is 5.02 Å². The zero-order chi connectivity index (χ0) is 15.2. The van der Waals surface area contributed by atoms with Gasteiger partial charge < -0.3 is 5.32 Å². The smallest absolute Gasteiger partial charge is 0.124 e. The molecule has 0 saturated carbocycles. The highest BCUT2D eigenvalue weighted by Gasteiger charge is 2.16. The van der Waals surface area contributed by atoms with E-state index in [-0.39, 0.29) is 11.9 Å². The van der Waals surface area contributed by atoms with Crippen molar-refractivity contribution in [2.45, 2.75) is 32.7 Å². The Morgan fingerprint density at radius 3 is 2.71 bits per heavy atom. The van der Waals surface area contributed by atoms with Gasteiger partial charge in [-0.15, -0.1) is 0 Å². The normalized spacial score (nSPS) is 12.4. The molecule has 21 heavy (non-hydrogen) atoms. The summed E-state index contributed by atoms with van der Waals surface area (Å²) in [5.74, 6) is -0.313. The fourth-order valence-corrected chi connectivity index (χ4v) is 2.52. The highest BCUT2D eigenvalue weighted by molar-refractivity contribution is 6.31. The maximum atomic E-state index is 13.2. The fourth-order valence-electron chi connectivity index (χ4n) is 2.22. The summed E-state index contributed by atoms with van der Waals surface area (Å²) in [6, 6.07) is 8.66. The van der Waals surface area contributed by atoms with Crippen molar-refractivity contribution in [2.75, 3.05) is 6.54 Å². The lowest BCUT2D eigenvalue weighted by molar-refractivity contribution is 0.523. The lowest BCUT2D eigenvalue weighted by Gasteiger charge is -2.20. The first-order chi connectivity index (χ1) is 10.1. The number of pyridine rings is 1. The number of halogens is 2. The molecule has 0 aliphatic carbocycles. The molecule has 0 amide bonds. The van der Waals surface area contributed by atoms with E-state index in [1.54, 1.807) is 6.07 Å². The highest BCUT2D eigenvalue weighted by Crippen LogP contribution is 2.26. The number of nitrogens with one attached hydrogen (secondary N) is 1. The van der Waals surface area contributed by atoms with Crippen LogP contribution in [0.4, 0.5) is 4.39 Å². The first-order valence-corrected chi connectivity index (χ1v) is 7.57. The van der Waals surface area contributed by atoms with Gasteiger partial charge in [-0.1, -0.05) is 30.7 Å². The molecule has 0 aliphatic heterocycles. The second-order valence-electron chi connectivity index (χ2n) is 5.20. The van der Waals surface area contributed by atoms with Crippen LogP contribution in [0.3, 0.4) is 0 Å². The lowest BCUT2D eigenvalue weighted by atomic mass is 10.0. The molecule has 0 radical (unpaired) electrons. The highest BCUT2D eigenvalue weighted by atomic mass is 35.5. The van der Waals surface area contributed by atoms with Gasteiger partial charge in [-0.3, -0.25) is 4.98 Å². The van der Waals surface area contributed by atoms with Crippen molar-refractivity contribution in [3.63, 3.8) is 0 Å². The first kappa shape index (κ1) is 15.9. The van der Waals surface area contributed by atoms with Crippen LogP contribution in [-0.2, 0) is 6.42 Å². The van der Waals surface area contributed by atoms with Gasteiger partial charge in [-0.2, -0.15) is 0 Å². The van der Waals surface area contributed by atoms with Crippen LogP contribution in [0.1, 0.15) is 36.2 Å². The first-order valence-electron chi connectivity index (χ1n) is 7.20.